The van der Waals surface area contributed by atoms with Crippen LogP contribution in [-0.4, -0.2) is 20.5 Å². The van der Waals surface area contributed by atoms with Gasteiger partial charge in [-0.2, -0.15) is 5.10 Å². The standard InChI is InChI=1S/C24H20N4/c1-17-23(20-10-6-3-7-11-20)24-26-21(18-8-4-2-5-9-18)16-22(28(24)27-17)19-12-14-25-15-13-19/h2-15,22H,16H2,1H3. The van der Waals surface area contributed by atoms with Gasteiger partial charge < -0.3 is 0 Å². The highest BCUT2D eigenvalue weighted by Crippen LogP contribution is 2.41. The van der Waals surface area contributed by atoms with Crippen molar-refractivity contribution in [2.24, 2.45) is 4.99 Å². The molecule has 0 saturated heterocycles. The molecule has 4 heteroatoms. The Hall–Kier alpha value is -3.53. The van der Waals surface area contributed by atoms with Crippen LogP contribution >= 0.6 is 0 Å². The summed E-state index contributed by atoms with van der Waals surface area (Å²) in [5, 5.41) is 4.90. The number of benzene rings is 2. The molecule has 136 valence electrons. The zero-order valence-corrected chi connectivity index (χ0v) is 15.7. The molecule has 0 amide bonds. The number of hydrogen-bond acceptors (Lipinski definition) is 3. The number of aromatic nitrogens is 3. The molecule has 0 N–H and O–H groups in total. The number of nitrogens with zero attached hydrogens (tertiary/aromatic N) is 4. The van der Waals surface area contributed by atoms with Crippen LogP contribution in [0.15, 0.2) is 90.2 Å². The Morgan fingerprint density at radius 3 is 2.14 bits per heavy atom. The topological polar surface area (TPSA) is 43.1 Å². The summed E-state index contributed by atoms with van der Waals surface area (Å²) in [5.41, 5.74) is 6.69. The molecule has 2 aromatic carbocycles. The van der Waals surface area contributed by atoms with Gasteiger partial charge in [0.25, 0.3) is 0 Å². The maximum atomic E-state index is 5.09. The summed E-state index contributed by atoms with van der Waals surface area (Å²) in [6.45, 7) is 2.06. The van der Waals surface area contributed by atoms with E-state index in [2.05, 4.69) is 77.3 Å². The van der Waals surface area contributed by atoms with Gasteiger partial charge in [0.05, 0.1) is 17.4 Å². The summed E-state index contributed by atoms with van der Waals surface area (Å²) in [6, 6.07) is 25.1. The largest absolute Gasteiger partial charge is 0.265 e. The van der Waals surface area contributed by atoms with E-state index in [9.17, 15) is 0 Å². The van der Waals surface area contributed by atoms with Gasteiger partial charge in [-0.15, -0.1) is 0 Å². The van der Waals surface area contributed by atoms with Crippen LogP contribution in [-0.2, 0) is 0 Å². The van der Waals surface area contributed by atoms with E-state index >= 15 is 0 Å². The van der Waals surface area contributed by atoms with Crippen LogP contribution in [0.4, 0.5) is 5.82 Å². The van der Waals surface area contributed by atoms with E-state index in [1.807, 2.05) is 24.5 Å². The number of aryl methyl sites for hydroxylation is 1. The fourth-order valence-electron chi connectivity index (χ4n) is 3.90. The maximum absolute atomic E-state index is 5.09. The van der Waals surface area contributed by atoms with Crippen molar-refractivity contribution in [1.82, 2.24) is 14.8 Å². The van der Waals surface area contributed by atoms with Gasteiger partial charge in [0.15, 0.2) is 5.82 Å². The van der Waals surface area contributed by atoms with Gasteiger partial charge in [-0.25, -0.2) is 9.67 Å². The molecule has 1 unspecified atom stereocenters. The summed E-state index contributed by atoms with van der Waals surface area (Å²) in [7, 11) is 0. The van der Waals surface area contributed by atoms with Gasteiger partial charge in [-0.1, -0.05) is 60.7 Å². The summed E-state index contributed by atoms with van der Waals surface area (Å²) in [6.07, 6.45) is 4.49. The smallest absolute Gasteiger partial charge is 0.159 e. The second kappa shape index (κ2) is 6.89. The highest BCUT2D eigenvalue weighted by atomic mass is 15.4. The minimum absolute atomic E-state index is 0.0990. The minimum Gasteiger partial charge on any atom is -0.265 e. The molecular weight excluding hydrogens is 344 g/mol. The predicted molar refractivity (Wildman–Crippen MR) is 112 cm³/mol. The van der Waals surface area contributed by atoms with Crippen molar-refractivity contribution in [3.63, 3.8) is 0 Å². The van der Waals surface area contributed by atoms with Crippen molar-refractivity contribution >= 4 is 11.5 Å². The average Bonchev–Trinajstić information content (AvgIpc) is 3.10. The Morgan fingerprint density at radius 1 is 0.821 bits per heavy atom. The number of aliphatic imine (C=N–C) groups is 1. The zero-order valence-electron chi connectivity index (χ0n) is 15.7. The van der Waals surface area contributed by atoms with Crippen molar-refractivity contribution < 1.29 is 0 Å². The molecular formula is C24H20N4. The second-order valence-electron chi connectivity index (χ2n) is 7.02. The Labute approximate surface area is 164 Å². The molecule has 28 heavy (non-hydrogen) atoms. The lowest BCUT2D eigenvalue weighted by Crippen LogP contribution is -2.21. The first-order valence-corrected chi connectivity index (χ1v) is 9.48. The Bertz CT molecular complexity index is 1130. The second-order valence-corrected chi connectivity index (χ2v) is 7.02. The van der Waals surface area contributed by atoms with Crippen LogP contribution < -0.4 is 0 Å². The molecule has 0 spiro atoms. The Balaban J connectivity index is 1.73. The van der Waals surface area contributed by atoms with Crippen LogP contribution in [0.1, 0.15) is 29.3 Å². The van der Waals surface area contributed by atoms with Crippen molar-refractivity contribution in [1.29, 1.82) is 0 Å². The first kappa shape index (κ1) is 16.6. The fraction of sp³-hybridized carbons (Fsp3) is 0.125. The number of hydrogen-bond donors (Lipinski definition) is 0. The van der Waals surface area contributed by atoms with Gasteiger partial charge in [-0.3, -0.25) is 4.98 Å². The van der Waals surface area contributed by atoms with Crippen LogP contribution in [0.2, 0.25) is 0 Å². The average molecular weight is 364 g/mol. The first-order valence-electron chi connectivity index (χ1n) is 9.48. The molecule has 0 aliphatic carbocycles. The van der Waals surface area contributed by atoms with Crippen molar-refractivity contribution in [3.05, 3.63) is 102 Å². The van der Waals surface area contributed by atoms with Gasteiger partial charge >= 0.3 is 0 Å². The highest BCUT2D eigenvalue weighted by Gasteiger charge is 2.29. The number of pyridine rings is 1. The van der Waals surface area contributed by atoms with Crippen molar-refractivity contribution in [2.75, 3.05) is 0 Å². The lowest BCUT2D eigenvalue weighted by molar-refractivity contribution is 0.529. The van der Waals surface area contributed by atoms with Crippen LogP contribution in [0.5, 0.6) is 0 Å². The van der Waals surface area contributed by atoms with E-state index < -0.39 is 0 Å². The molecule has 2 aromatic heterocycles. The monoisotopic (exact) mass is 364 g/mol. The molecule has 0 bridgehead atoms. The van der Waals surface area contributed by atoms with Crippen molar-refractivity contribution in [3.8, 4) is 11.1 Å². The third-order valence-corrected chi connectivity index (χ3v) is 5.24. The molecule has 5 rings (SSSR count). The zero-order chi connectivity index (χ0) is 18.9. The van der Waals surface area contributed by atoms with E-state index in [0.717, 1.165) is 40.3 Å². The highest BCUT2D eigenvalue weighted by molar-refractivity contribution is 6.04. The molecule has 1 aliphatic rings. The summed E-state index contributed by atoms with van der Waals surface area (Å²) in [5.74, 6) is 0.926. The van der Waals surface area contributed by atoms with Crippen LogP contribution in [0.3, 0.4) is 0 Å². The first-order chi connectivity index (χ1) is 13.8. The SMILES string of the molecule is Cc1nn2c(c1-c1ccccc1)N=C(c1ccccc1)CC2c1ccncc1. The maximum Gasteiger partial charge on any atom is 0.159 e. The van der Waals surface area contributed by atoms with Gasteiger partial charge in [0, 0.05) is 24.4 Å². The van der Waals surface area contributed by atoms with Gasteiger partial charge in [-0.05, 0) is 35.7 Å². The molecule has 0 radical (unpaired) electrons. The molecule has 0 saturated carbocycles. The van der Waals surface area contributed by atoms with Crippen LogP contribution in [0.25, 0.3) is 11.1 Å². The van der Waals surface area contributed by atoms with E-state index in [4.69, 9.17) is 10.1 Å². The van der Waals surface area contributed by atoms with Gasteiger partial charge in [0.1, 0.15) is 0 Å². The summed E-state index contributed by atoms with van der Waals surface area (Å²) >= 11 is 0. The van der Waals surface area contributed by atoms with Crippen LogP contribution in [0, 0.1) is 6.92 Å². The number of fused-ring (bicyclic) bond motifs is 1. The third-order valence-electron chi connectivity index (χ3n) is 5.24. The summed E-state index contributed by atoms with van der Waals surface area (Å²) < 4.78 is 2.08. The summed E-state index contributed by atoms with van der Waals surface area (Å²) in [4.78, 5) is 9.27. The fourth-order valence-corrected chi connectivity index (χ4v) is 3.90. The quantitative estimate of drug-likeness (QED) is 0.491. The van der Waals surface area contributed by atoms with E-state index in [1.54, 1.807) is 0 Å². The lowest BCUT2D eigenvalue weighted by atomic mass is 9.96. The Kier molecular flexibility index (Phi) is 4.09. The molecule has 1 atom stereocenters. The van der Waals surface area contributed by atoms with Crippen molar-refractivity contribution in [2.45, 2.75) is 19.4 Å². The minimum atomic E-state index is 0.0990. The predicted octanol–water partition coefficient (Wildman–Crippen LogP) is 5.37. The normalized spacial score (nSPS) is 15.8. The Morgan fingerprint density at radius 2 is 1.46 bits per heavy atom. The number of rotatable bonds is 3. The third kappa shape index (κ3) is 2.83. The molecule has 1 aliphatic heterocycles. The molecule has 4 nitrogen and oxygen atoms in total. The van der Waals surface area contributed by atoms with E-state index in [-0.39, 0.29) is 6.04 Å². The van der Waals surface area contributed by atoms with E-state index in [0.29, 0.717) is 0 Å². The lowest BCUT2D eigenvalue weighted by Gasteiger charge is -2.25. The molecule has 4 aromatic rings. The molecule has 3 heterocycles. The van der Waals surface area contributed by atoms with Gasteiger partial charge in [0.2, 0.25) is 0 Å². The van der Waals surface area contributed by atoms with E-state index in [1.165, 1.54) is 5.56 Å². The molecule has 0 fully saturated rings.